The Labute approximate surface area is 64.6 Å². The molecule has 0 amide bonds. The first-order valence-electron chi connectivity index (χ1n) is 3.59. The van der Waals surface area contributed by atoms with Gasteiger partial charge in [-0.15, -0.1) is 0 Å². The second-order valence-electron chi connectivity index (χ2n) is 3.64. The van der Waals surface area contributed by atoms with E-state index in [0.717, 1.165) is 12.8 Å². The second-order valence-corrected chi connectivity index (χ2v) is 5.53. The summed E-state index contributed by atoms with van der Waals surface area (Å²) in [6.07, 6.45) is 2.46. The third-order valence-electron chi connectivity index (χ3n) is 1.25. The van der Waals surface area contributed by atoms with Gasteiger partial charge in [-0.3, -0.25) is 4.18 Å². The van der Waals surface area contributed by atoms with E-state index in [1.807, 2.05) is 20.8 Å². The molecule has 2 nitrogen and oxygen atoms in total. The summed E-state index contributed by atoms with van der Waals surface area (Å²) in [4.78, 5) is 0. The Hall–Kier alpha value is 0.110. The third kappa shape index (κ3) is 2.39. The van der Waals surface area contributed by atoms with Gasteiger partial charge >= 0.3 is 0 Å². The maximum absolute atomic E-state index is 11.2. The molecule has 1 aliphatic carbocycles. The minimum Gasteiger partial charge on any atom is -0.287 e. The van der Waals surface area contributed by atoms with Crippen LogP contribution in [0, 0.1) is 0 Å². The van der Waals surface area contributed by atoms with Gasteiger partial charge in [0.05, 0.1) is 10.9 Å². The molecule has 60 valence electrons. The van der Waals surface area contributed by atoms with Gasteiger partial charge in [-0.1, -0.05) is 0 Å². The van der Waals surface area contributed by atoms with E-state index in [1.165, 1.54) is 0 Å². The zero-order chi connectivity index (χ0) is 7.78. The molecule has 1 fully saturated rings. The van der Waals surface area contributed by atoms with Crippen LogP contribution in [0.5, 0.6) is 0 Å². The number of rotatable bonds is 2. The highest BCUT2D eigenvalue weighted by atomic mass is 32.2. The van der Waals surface area contributed by atoms with E-state index in [4.69, 9.17) is 4.18 Å². The van der Waals surface area contributed by atoms with Crippen LogP contribution < -0.4 is 0 Å². The van der Waals surface area contributed by atoms with Crippen molar-refractivity contribution in [2.24, 2.45) is 0 Å². The molecule has 1 aliphatic rings. The van der Waals surface area contributed by atoms with Crippen molar-refractivity contribution in [1.29, 1.82) is 0 Å². The van der Waals surface area contributed by atoms with Crippen molar-refractivity contribution >= 4 is 11.1 Å². The monoisotopic (exact) mass is 162 g/mol. The van der Waals surface area contributed by atoms with Gasteiger partial charge in [0.15, 0.2) is 11.1 Å². The molecule has 0 saturated heterocycles. The van der Waals surface area contributed by atoms with Crippen molar-refractivity contribution in [3.63, 3.8) is 0 Å². The van der Waals surface area contributed by atoms with Gasteiger partial charge in [-0.25, -0.2) is 4.21 Å². The predicted molar refractivity (Wildman–Crippen MR) is 42.0 cm³/mol. The molecular formula is C7H14O2S. The van der Waals surface area contributed by atoms with E-state index in [0.29, 0.717) is 6.10 Å². The van der Waals surface area contributed by atoms with E-state index in [9.17, 15) is 4.21 Å². The van der Waals surface area contributed by atoms with Crippen LogP contribution in [0.3, 0.4) is 0 Å². The van der Waals surface area contributed by atoms with Crippen LogP contribution in [0.1, 0.15) is 33.6 Å². The molecular weight excluding hydrogens is 148 g/mol. The smallest absolute Gasteiger partial charge is 0.161 e. The number of hydrogen-bond acceptors (Lipinski definition) is 2. The van der Waals surface area contributed by atoms with Gasteiger partial charge in [0.25, 0.3) is 0 Å². The maximum Gasteiger partial charge on any atom is 0.161 e. The molecule has 0 aromatic rings. The molecule has 0 bridgehead atoms. The normalized spacial score (nSPS) is 22.7. The summed E-state index contributed by atoms with van der Waals surface area (Å²) >= 11 is -1.10. The van der Waals surface area contributed by atoms with Gasteiger partial charge in [0.1, 0.15) is 0 Å². The van der Waals surface area contributed by atoms with E-state index < -0.39 is 11.1 Å². The molecule has 0 radical (unpaired) electrons. The Morgan fingerprint density at radius 3 is 2.20 bits per heavy atom. The van der Waals surface area contributed by atoms with Gasteiger partial charge < -0.3 is 0 Å². The molecule has 0 spiro atoms. The first-order valence-corrected chi connectivity index (χ1v) is 4.66. The highest BCUT2D eigenvalue weighted by Crippen LogP contribution is 2.27. The van der Waals surface area contributed by atoms with Crippen molar-refractivity contribution in [2.75, 3.05) is 0 Å². The van der Waals surface area contributed by atoms with Crippen LogP contribution in [0.25, 0.3) is 0 Å². The summed E-state index contributed by atoms with van der Waals surface area (Å²) in [6.45, 7) is 5.77. The maximum atomic E-state index is 11.2. The summed E-state index contributed by atoms with van der Waals surface area (Å²) < 4.78 is 16.2. The van der Waals surface area contributed by atoms with Gasteiger partial charge in [0.2, 0.25) is 0 Å². The van der Waals surface area contributed by atoms with Crippen molar-refractivity contribution in [3.8, 4) is 0 Å². The van der Waals surface area contributed by atoms with Crippen molar-refractivity contribution < 1.29 is 8.39 Å². The molecule has 0 aromatic carbocycles. The average molecular weight is 162 g/mol. The summed E-state index contributed by atoms with van der Waals surface area (Å²) in [5, 5.41) is 0. The van der Waals surface area contributed by atoms with E-state index in [-0.39, 0.29) is 4.75 Å². The van der Waals surface area contributed by atoms with Gasteiger partial charge in [-0.05, 0) is 33.6 Å². The van der Waals surface area contributed by atoms with E-state index >= 15 is 0 Å². The van der Waals surface area contributed by atoms with Gasteiger partial charge in [0, 0.05) is 0 Å². The van der Waals surface area contributed by atoms with Crippen LogP contribution in [0.15, 0.2) is 0 Å². The Morgan fingerprint density at radius 1 is 1.40 bits per heavy atom. The minimum atomic E-state index is -1.10. The number of hydrogen-bond donors (Lipinski definition) is 0. The predicted octanol–water partition coefficient (Wildman–Crippen LogP) is 1.63. The first-order chi connectivity index (χ1) is 4.50. The topological polar surface area (TPSA) is 26.3 Å². The zero-order valence-corrected chi connectivity index (χ0v) is 7.53. The van der Waals surface area contributed by atoms with E-state index in [1.54, 1.807) is 0 Å². The van der Waals surface area contributed by atoms with Crippen LogP contribution in [-0.2, 0) is 15.3 Å². The standard InChI is InChI=1S/C7H14O2S/c1-7(2,3)10(8)9-6-4-5-6/h6H,4-5H2,1-3H3. The van der Waals surface area contributed by atoms with Crippen LogP contribution in [0.4, 0.5) is 0 Å². The third-order valence-corrected chi connectivity index (χ3v) is 2.69. The molecule has 10 heavy (non-hydrogen) atoms. The summed E-state index contributed by atoms with van der Waals surface area (Å²) in [5.74, 6) is 0. The quantitative estimate of drug-likeness (QED) is 0.617. The Balaban J connectivity index is 2.32. The van der Waals surface area contributed by atoms with Gasteiger partial charge in [-0.2, -0.15) is 0 Å². The molecule has 0 heterocycles. The Bertz CT molecular complexity index is 144. The average Bonchev–Trinajstić information content (AvgIpc) is 2.47. The van der Waals surface area contributed by atoms with Crippen molar-refractivity contribution in [1.82, 2.24) is 0 Å². The lowest BCUT2D eigenvalue weighted by molar-refractivity contribution is 0.323. The molecule has 0 aromatic heterocycles. The van der Waals surface area contributed by atoms with Crippen molar-refractivity contribution in [2.45, 2.75) is 44.5 Å². The van der Waals surface area contributed by atoms with E-state index in [2.05, 4.69) is 0 Å². The molecule has 1 saturated carbocycles. The zero-order valence-electron chi connectivity index (χ0n) is 6.72. The fourth-order valence-electron chi connectivity index (χ4n) is 0.432. The summed E-state index contributed by atoms with van der Waals surface area (Å²) in [5.41, 5.74) is 0. The highest BCUT2D eigenvalue weighted by Gasteiger charge is 2.30. The molecule has 0 N–H and O–H groups in total. The molecule has 3 heteroatoms. The lowest BCUT2D eigenvalue weighted by Gasteiger charge is -2.16. The minimum absolute atomic E-state index is 0.220. The fourth-order valence-corrected chi connectivity index (χ4v) is 1.16. The molecule has 1 rings (SSSR count). The van der Waals surface area contributed by atoms with Crippen LogP contribution in [-0.4, -0.2) is 15.1 Å². The Morgan fingerprint density at radius 2 is 1.90 bits per heavy atom. The first kappa shape index (κ1) is 8.21. The molecule has 1 unspecified atom stereocenters. The lowest BCUT2D eigenvalue weighted by Crippen LogP contribution is -2.24. The molecule has 1 atom stereocenters. The summed E-state index contributed by atoms with van der Waals surface area (Å²) in [7, 11) is 0. The SMILES string of the molecule is CC(C)(C)S(=O)OC1CC1. The molecule has 0 aliphatic heterocycles. The fraction of sp³-hybridized carbons (Fsp3) is 1.00. The lowest BCUT2D eigenvalue weighted by atomic mass is 10.3. The second kappa shape index (κ2) is 2.62. The van der Waals surface area contributed by atoms with Crippen LogP contribution >= 0.6 is 0 Å². The van der Waals surface area contributed by atoms with Crippen molar-refractivity contribution in [3.05, 3.63) is 0 Å². The van der Waals surface area contributed by atoms with Crippen LogP contribution in [0.2, 0.25) is 0 Å². The highest BCUT2D eigenvalue weighted by molar-refractivity contribution is 7.81. The largest absolute Gasteiger partial charge is 0.287 e. The Kier molecular flexibility index (Phi) is 2.15. The summed E-state index contributed by atoms with van der Waals surface area (Å²) in [6, 6.07) is 0.